The van der Waals surface area contributed by atoms with Crippen LogP contribution in [0.2, 0.25) is 10.0 Å². The Kier molecular flexibility index (Phi) is 7.95. The highest BCUT2D eigenvalue weighted by Gasteiger charge is 2.29. The third-order valence-electron chi connectivity index (χ3n) is 8.78. The van der Waals surface area contributed by atoms with Crippen LogP contribution in [0.4, 0.5) is 5.82 Å². The minimum atomic E-state index is -0.266. The smallest absolute Gasteiger partial charge is 0.273 e. The van der Waals surface area contributed by atoms with Crippen molar-refractivity contribution in [3.8, 4) is 22.5 Å². The van der Waals surface area contributed by atoms with Crippen LogP contribution in [0, 0.1) is 0 Å². The molecule has 3 aromatic heterocycles. The maximum absolute atomic E-state index is 14.3. The Morgan fingerprint density at radius 1 is 0.978 bits per heavy atom. The fourth-order valence-electron chi connectivity index (χ4n) is 6.32. The largest absolute Gasteiger partial charge is 0.350 e. The van der Waals surface area contributed by atoms with Gasteiger partial charge in [-0.3, -0.25) is 4.79 Å². The summed E-state index contributed by atoms with van der Waals surface area (Å²) in [5, 5.41) is 9.90. The van der Waals surface area contributed by atoms with Crippen LogP contribution >= 0.6 is 23.2 Å². The van der Waals surface area contributed by atoms with E-state index in [4.69, 9.17) is 28.2 Å². The van der Waals surface area contributed by atoms with E-state index in [0.29, 0.717) is 21.6 Å². The van der Waals surface area contributed by atoms with Gasteiger partial charge < -0.3 is 19.8 Å². The average molecular weight is 639 g/mol. The number of carbonyl (C=O) groups excluding carboxylic acids is 1. The quantitative estimate of drug-likeness (QED) is 0.184. The maximum Gasteiger partial charge on any atom is 0.273 e. The van der Waals surface area contributed by atoms with Crippen molar-refractivity contribution in [1.29, 1.82) is 0 Å². The fourth-order valence-corrected chi connectivity index (χ4v) is 6.62. The zero-order valence-corrected chi connectivity index (χ0v) is 26.6. The van der Waals surface area contributed by atoms with Crippen LogP contribution in [0.3, 0.4) is 0 Å². The normalized spacial score (nSPS) is 15.0. The van der Waals surface area contributed by atoms with E-state index in [-0.39, 0.29) is 18.0 Å². The molecule has 2 N–H and O–H groups in total. The number of piperidine rings is 1. The Morgan fingerprint density at radius 2 is 1.71 bits per heavy atom. The van der Waals surface area contributed by atoms with Gasteiger partial charge >= 0.3 is 0 Å². The molecule has 0 aliphatic carbocycles. The minimum absolute atomic E-state index is 0.110. The molecule has 7 rings (SSSR count). The molecule has 1 fully saturated rings. The number of aromatic nitrogens is 5. The Morgan fingerprint density at radius 3 is 2.47 bits per heavy atom. The molecule has 4 heterocycles. The molecule has 0 saturated carbocycles. The van der Waals surface area contributed by atoms with Crippen LogP contribution in [0.15, 0.2) is 91.4 Å². The Labute approximate surface area is 271 Å². The number of benzene rings is 3. The van der Waals surface area contributed by atoms with Crippen molar-refractivity contribution in [2.24, 2.45) is 0 Å². The summed E-state index contributed by atoms with van der Waals surface area (Å²) >= 11 is 12.7. The molecule has 0 radical (unpaired) electrons. The van der Waals surface area contributed by atoms with E-state index in [1.807, 2.05) is 89.9 Å². The number of rotatable bonds is 7. The number of nitrogens with zero attached hydrogens (tertiary/aromatic N) is 5. The SMILES string of the molecule is C[C@@H](c1ccc(Cl)cc1)n1cnc(-c2ccccc2)c1-c1c(C(=O)Nc2ccnn2C2CCN(C)CC2)[nH]c2cc(Cl)ccc12. The van der Waals surface area contributed by atoms with E-state index in [1.165, 1.54) is 0 Å². The van der Waals surface area contributed by atoms with Crippen LogP contribution in [0.25, 0.3) is 33.4 Å². The van der Waals surface area contributed by atoms with Gasteiger partial charge in [-0.05, 0) is 69.7 Å². The third kappa shape index (κ3) is 5.65. The van der Waals surface area contributed by atoms with Crippen molar-refractivity contribution in [2.45, 2.75) is 31.8 Å². The van der Waals surface area contributed by atoms with Crippen molar-refractivity contribution >= 4 is 45.8 Å². The van der Waals surface area contributed by atoms with E-state index in [2.05, 4.69) is 38.8 Å². The van der Waals surface area contributed by atoms with Crippen LogP contribution in [-0.4, -0.2) is 55.3 Å². The van der Waals surface area contributed by atoms with Crippen molar-refractivity contribution < 1.29 is 4.79 Å². The van der Waals surface area contributed by atoms with Crippen molar-refractivity contribution in [3.63, 3.8) is 0 Å². The van der Waals surface area contributed by atoms with Gasteiger partial charge in [0.2, 0.25) is 0 Å². The second-order valence-electron chi connectivity index (χ2n) is 11.7. The van der Waals surface area contributed by atoms with E-state index < -0.39 is 0 Å². The number of halogens is 2. The number of amides is 1. The summed E-state index contributed by atoms with van der Waals surface area (Å²) in [7, 11) is 2.13. The Hall–Kier alpha value is -4.37. The highest BCUT2D eigenvalue weighted by atomic mass is 35.5. The molecule has 1 atom stereocenters. The molecule has 0 unspecified atom stereocenters. The summed E-state index contributed by atoms with van der Waals surface area (Å²) in [5.41, 5.74) is 5.55. The molecule has 228 valence electrons. The number of hydrogen-bond donors (Lipinski definition) is 2. The van der Waals surface area contributed by atoms with Gasteiger partial charge in [-0.2, -0.15) is 5.10 Å². The third-order valence-corrected chi connectivity index (χ3v) is 9.27. The molecule has 1 amide bonds. The van der Waals surface area contributed by atoms with Gasteiger partial charge in [0.05, 0.1) is 36.0 Å². The van der Waals surface area contributed by atoms with E-state index in [0.717, 1.165) is 64.9 Å². The van der Waals surface area contributed by atoms with Gasteiger partial charge in [0, 0.05) is 38.1 Å². The number of imidazole rings is 1. The van der Waals surface area contributed by atoms with Crippen LogP contribution in [0.5, 0.6) is 0 Å². The molecule has 10 heteroatoms. The number of carbonyl (C=O) groups is 1. The Balaban J connectivity index is 1.38. The van der Waals surface area contributed by atoms with Crippen LogP contribution < -0.4 is 5.32 Å². The molecule has 6 aromatic rings. The molecular weight excluding hydrogens is 605 g/mol. The molecule has 0 spiro atoms. The van der Waals surface area contributed by atoms with Gasteiger partial charge in [0.1, 0.15) is 11.5 Å². The van der Waals surface area contributed by atoms with E-state index >= 15 is 0 Å². The van der Waals surface area contributed by atoms with Crippen LogP contribution in [0.1, 0.15) is 47.9 Å². The molecule has 1 aliphatic heterocycles. The number of likely N-dealkylation sites (tertiary alicyclic amines) is 1. The first kappa shape index (κ1) is 29.3. The van der Waals surface area contributed by atoms with Gasteiger partial charge in [-0.1, -0.05) is 71.7 Å². The second-order valence-corrected chi connectivity index (χ2v) is 12.5. The first-order chi connectivity index (χ1) is 21.9. The lowest BCUT2D eigenvalue weighted by Gasteiger charge is -2.30. The van der Waals surface area contributed by atoms with Gasteiger partial charge in [0.15, 0.2) is 0 Å². The molecule has 1 saturated heterocycles. The summed E-state index contributed by atoms with van der Waals surface area (Å²) in [6, 6.07) is 25.5. The van der Waals surface area contributed by atoms with Crippen LogP contribution in [-0.2, 0) is 0 Å². The Bertz CT molecular complexity index is 1970. The highest BCUT2D eigenvalue weighted by molar-refractivity contribution is 6.31. The molecule has 45 heavy (non-hydrogen) atoms. The summed E-state index contributed by atoms with van der Waals surface area (Å²) in [4.78, 5) is 25.0. The molecule has 8 nitrogen and oxygen atoms in total. The fraction of sp³-hybridized carbons (Fsp3) is 0.229. The first-order valence-corrected chi connectivity index (χ1v) is 15.9. The zero-order valence-electron chi connectivity index (χ0n) is 25.0. The lowest BCUT2D eigenvalue weighted by Crippen LogP contribution is -2.32. The number of fused-ring (bicyclic) bond motifs is 1. The molecule has 1 aliphatic rings. The van der Waals surface area contributed by atoms with Crippen molar-refractivity contribution in [1.82, 2.24) is 29.2 Å². The standard InChI is InChI=1S/C35H33Cl2N7O/c1-22(23-8-10-25(36)11-9-23)43-21-38-32(24-6-4-3-5-7-24)34(43)31-28-13-12-26(37)20-29(28)40-33(31)35(45)41-30-14-17-39-44(30)27-15-18-42(2)19-16-27/h3-14,17,20-22,27,40H,15-16,18-19H2,1-2H3,(H,41,45)/t22-/m0/s1. The number of H-pyrrole nitrogens is 1. The average Bonchev–Trinajstić information content (AvgIpc) is 3.78. The van der Waals surface area contributed by atoms with Crippen molar-refractivity contribution in [2.75, 3.05) is 25.5 Å². The summed E-state index contributed by atoms with van der Waals surface area (Å²) in [6.07, 6.45) is 5.54. The number of anilines is 1. The lowest BCUT2D eigenvalue weighted by atomic mass is 9.99. The molecule has 3 aromatic carbocycles. The summed E-state index contributed by atoms with van der Waals surface area (Å²) in [5.74, 6) is 0.404. The molecule has 0 bridgehead atoms. The van der Waals surface area contributed by atoms with Crippen molar-refractivity contribution in [3.05, 3.63) is 113 Å². The maximum atomic E-state index is 14.3. The first-order valence-electron chi connectivity index (χ1n) is 15.1. The summed E-state index contributed by atoms with van der Waals surface area (Å²) in [6.45, 7) is 4.10. The van der Waals surface area contributed by atoms with Gasteiger partial charge in [-0.25, -0.2) is 9.67 Å². The van der Waals surface area contributed by atoms with Gasteiger partial charge in [0.25, 0.3) is 5.91 Å². The zero-order chi connectivity index (χ0) is 31.1. The number of hydrogen-bond acceptors (Lipinski definition) is 4. The second kappa shape index (κ2) is 12.2. The number of nitrogens with one attached hydrogen (secondary N) is 2. The van der Waals surface area contributed by atoms with E-state index in [9.17, 15) is 4.79 Å². The van der Waals surface area contributed by atoms with Gasteiger partial charge in [-0.15, -0.1) is 0 Å². The monoisotopic (exact) mass is 637 g/mol. The summed E-state index contributed by atoms with van der Waals surface area (Å²) < 4.78 is 4.08. The molecular formula is C35H33Cl2N7O. The predicted octanol–water partition coefficient (Wildman–Crippen LogP) is 8.33. The lowest BCUT2D eigenvalue weighted by molar-refractivity contribution is 0.102. The highest BCUT2D eigenvalue weighted by Crippen LogP contribution is 2.41. The topological polar surface area (TPSA) is 83.8 Å². The number of aromatic amines is 1. The predicted molar refractivity (Wildman–Crippen MR) is 181 cm³/mol. The van der Waals surface area contributed by atoms with E-state index in [1.54, 1.807) is 6.20 Å². The minimum Gasteiger partial charge on any atom is -0.350 e.